The number of halogens is 2. The van der Waals surface area contributed by atoms with Gasteiger partial charge in [0.15, 0.2) is 0 Å². The van der Waals surface area contributed by atoms with Gasteiger partial charge in [0.05, 0.1) is 11.7 Å². The van der Waals surface area contributed by atoms with Crippen LogP contribution in [0.15, 0.2) is 24.3 Å². The molecule has 0 fully saturated rings. The Kier molecular flexibility index (Phi) is 4.79. The Morgan fingerprint density at radius 3 is 1.82 bits per heavy atom. The van der Waals surface area contributed by atoms with Gasteiger partial charge in [-0.1, -0.05) is 12.1 Å². The smallest absolute Gasteiger partial charge is 0.104 e. The summed E-state index contributed by atoms with van der Waals surface area (Å²) in [6, 6.07) is 7.84. The van der Waals surface area contributed by atoms with Crippen molar-refractivity contribution in [3.8, 4) is 0 Å². The molecule has 0 aliphatic rings. The zero-order valence-corrected chi connectivity index (χ0v) is 9.67. The van der Waals surface area contributed by atoms with E-state index < -0.39 is 0 Å². The zero-order valence-electron chi connectivity index (χ0n) is 5.43. The second-order valence-electron chi connectivity index (χ2n) is 1.75. The Morgan fingerprint density at radius 2 is 1.36 bits per heavy atom. The standard InChI is InChI=1S/C6H4N2S.2BrH/c1-2-4-6-5(3-1)7-9-8-6;;/h1-4H;2*1H. The highest BCUT2D eigenvalue weighted by Gasteiger charge is 1.91. The second-order valence-corrected chi connectivity index (χ2v) is 2.28. The molecular weight excluding hydrogens is 292 g/mol. The molecule has 0 aliphatic heterocycles. The van der Waals surface area contributed by atoms with Crippen molar-refractivity contribution in [3.63, 3.8) is 0 Å². The fraction of sp³-hybridized carbons (Fsp3) is 0. The fourth-order valence-corrected chi connectivity index (χ4v) is 1.25. The molecular formula is C6H6Br2N2S. The van der Waals surface area contributed by atoms with E-state index in [0.29, 0.717) is 0 Å². The molecule has 2 rings (SSSR count). The van der Waals surface area contributed by atoms with E-state index in [0.717, 1.165) is 11.0 Å². The van der Waals surface area contributed by atoms with E-state index >= 15 is 0 Å². The third-order valence-electron chi connectivity index (χ3n) is 1.16. The zero-order chi connectivity index (χ0) is 6.10. The molecule has 0 radical (unpaired) electrons. The van der Waals surface area contributed by atoms with Gasteiger partial charge in [0.25, 0.3) is 0 Å². The number of hydrogen-bond donors (Lipinski definition) is 0. The first-order valence-corrected chi connectivity index (χ1v) is 3.37. The van der Waals surface area contributed by atoms with Gasteiger partial charge >= 0.3 is 0 Å². The number of hydrogen-bond acceptors (Lipinski definition) is 3. The first-order valence-electron chi connectivity index (χ1n) is 2.64. The Labute approximate surface area is 89.5 Å². The molecule has 0 saturated heterocycles. The minimum atomic E-state index is 0. The van der Waals surface area contributed by atoms with Crippen LogP contribution < -0.4 is 0 Å². The number of nitrogens with zero attached hydrogens (tertiary/aromatic N) is 2. The van der Waals surface area contributed by atoms with Gasteiger partial charge in [0, 0.05) is 0 Å². The summed E-state index contributed by atoms with van der Waals surface area (Å²) in [4.78, 5) is 0. The highest BCUT2D eigenvalue weighted by molar-refractivity contribution is 8.93. The maximum atomic E-state index is 4.05. The average molecular weight is 298 g/mol. The molecule has 0 aliphatic carbocycles. The van der Waals surface area contributed by atoms with Crippen LogP contribution in [0.4, 0.5) is 0 Å². The summed E-state index contributed by atoms with van der Waals surface area (Å²) >= 11 is 1.25. The largest absolute Gasteiger partial charge is 0.173 e. The first kappa shape index (κ1) is 11.0. The number of aromatic nitrogens is 2. The van der Waals surface area contributed by atoms with Crippen molar-refractivity contribution < 1.29 is 0 Å². The molecule has 1 aromatic heterocycles. The Morgan fingerprint density at radius 1 is 0.909 bits per heavy atom. The van der Waals surface area contributed by atoms with Gasteiger partial charge in [-0.05, 0) is 12.1 Å². The maximum absolute atomic E-state index is 4.05. The Bertz CT molecular complexity index is 293. The van der Waals surface area contributed by atoms with E-state index in [2.05, 4.69) is 8.75 Å². The molecule has 2 nitrogen and oxygen atoms in total. The van der Waals surface area contributed by atoms with Crippen LogP contribution in [0.5, 0.6) is 0 Å². The van der Waals surface area contributed by atoms with E-state index in [4.69, 9.17) is 0 Å². The highest BCUT2D eigenvalue weighted by atomic mass is 79.9. The summed E-state index contributed by atoms with van der Waals surface area (Å²) in [5.41, 5.74) is 1.98. The van der Waals surface area contributed by atoms with Crippen LogP contribution in [0.3, 0.4) is 0 Å². The second kappa shape index (κ2) is 4.79. The van der Waals surface area contributed by atoms with Gasteiger partial charge in [0.1, 0.15) is 11.0 Å². The van der Waals surface area contributed by atoms with Crippen molar-refractivity contribution in [2.75, 3.05) is 0 Å². The summed E-state index contributed by atoms with van der Waals surface area (Å²) in [6.45, 7) is 0. The fourth-order valence-electron chi connectivity index (χ4n) is 0.727. The Hall–Kier alpha value is -0.0000000000000000555. The van der Waals surface area contributed by atoms with E-state index in [1.54, 1.807) is 0 Å². The van der Waals surface area contributed by atoms with Crippen LogP contribution in [-0.2, 0) is 0 Å². The third-order valence-corrected chi connectivity index (χ3v) is 1.72. The topological polar surface area (TPSA) is 25.8 Å². The van der Waals surface area contributed by atoms with Crippen molar-refractivity contribution >= 4 is 56.7 Å². The van der Waals surface area contributed by atoms with Crippen molar-refractivity contribution in [1.82, 2.24) is 8.75 Å². The summed E-state index contributed by atoms with van der Waals surface area (Å²) in [6.07, 6.45) is 0. The lowest BCUT2D eigenvalue weighted by atomic mass is 10.3. The minimum Gasteiger partial charge on any atom is -0.173 e. The molecule has 0 spiro atoms. The molecule has 5 heteroatoms. The predicted octanol–water partition coefficient (Wildman–Crippen LogP) is 2.85. The minimum absolute atomic E-state index is 0. The lowest BCUT2D eigenvalue weighted by Crippen LogP contribution is -1.63. The highest BCUT2D eigenvalue weighted by Crippen LogP contribution is 2.08. The van der Waals surface area contributed by atoms with Gasteiger partial charge in [-0.2, -0.15) is 8.75 Å². The molecule has 0 unspecified atom stereocenters. The van der Waals surface area contributed by atoms with Gasteiger partial charge in [-0.15, -0.1) is 34.0 Å². The van der Waals surface area contributed by atoms with Gasteiger partial charge in [-0.3, -0.25) is 0 Å². The molecule has 0 saturated carbocycles. The molecule has 0 atom stereocenters. The maximum Gasteiger partial charge on any atom is 0.104 e. The number of fused-ring (bicyclic) bond motifs is 1. The van der Waals surface area contributed by atoms with Gasteiger partial charge < -0.3 is 0 Å². The molecule has 60 valence electrons. The van der Waals surface area contributed by atoms with Crippen molar-refractivity contribution in [3.05, 3.63) is 24.3 Å². The molecule has 11 heavy (non-hydrogen) atoms. The van der Waals surface area contributed by atoms with E-state index in [1.807, 2.05) is 24.3 Å². The summed E-state index contributed by atoms with van der Waals surface area (Å²) in [5.74, 6) is 0. The number of rotatable bonds is 0. The first-order chi connectivity index (χ1) is 4.47. The van der Waals surface area contributed by atoms with Crippen LogP contribution >= 0.6 is 45.7 Å². The van der Waals surface area contributed by atoms with Crippen molar-refractivity contribution in [2.24, 2.45) is 0 Å². The van der Waals surface area contributed by atoms with Crippen LogP contribution in [0, 0.1) is 0 Å². The molecule has 0 amide bonds. The van der Waals surface area contributed by atoms with Crippen LogP contribution in [0.25, 0.3) is 11.0 Å². The van der Waals surface area contributed by atoms with E-state index in [1.165, 1.54) is 11.7 Å². The lowest BCUT2D eigenvalue weighted by molar-refractivity contribution is 1.64. The normalized spacial score (nSPS) is 8.36. The average Bonchev–Trinajstić information content (AvgIpc) is 2.33. The molecule has 0 bridgehead atoms. The van der Waals surface area contributed by atoms with E-state index in [9.17, 15) is 0 Å². The van der Waals surface area contributed by atoms with Gasteiger partial charge in [0.2, 0.25) is 0 Å². The van der Waals surface area contributed by atoms with Crippen molar-refractivity contribution in [1.29, 1.82) is 0 Å². The van der Waals surface area contributed by atoms with E-state index in [-0.39, 0.29) is 34.0 Å². The Balaban J connectivity index is 0.000000500. The third kappa shape index (κ3) is 2.21. The van der Waals surface area contributed by atoms with Crippen LogP contribution in [0.1, 0.15) is 0 Å². The number of benzene rings is 1. The molecule has 1 aromatic carbocycles. The summed E-state index contributed by atoms with van der Waals surface area (Å²) in [7, 11) is 0. The van der Waals surface area contributed by atoms with Crippen LogP contribution in [-0.4, -0.2) is 8.75 Å². The lowest BCUT2D eigenvalue weighted by Gasteiger charge is -1.78. The quantitative estimate of drug-likeness (QED) is 0.747. The molecule has 2 aromatic rings. The van der Waals surface area contributed by atoms with Gasteiger partial charge in [-0.25, -0.2) is 0 Å². The van der Waals surface area contributed by atoms with Crippen molar-refractivity contribution in [2.45, 2.75) is 0 Å². The summed E-state index contributed by atoms with van der Waals surface area (Å²) in [5, 5.41) is 0. The predicted molar refractivity (Wildman–Crippen MR) is 58.1 cm³/mol. The molecule has 1 heterocycles. The van der Waals surface area contributed by atoms with Crippen LogP contribution in [0.2, 0.25) is 0 Å². The summed E-state index contributed by atoms with van der Waals surface area (Å²) < 4.78 is 8.10. The monoisotopic (exact) mass is 296 g/mol. The SMILES string of the molecule is Br.Br.c1ccc2nsnc2c1. The molecule has 0 N–H and O–H groups in total.